The fraction of sp³-hybridized carbons (Fsp3) is 0.273. The van der Waals surface area contributed by atoms with Crippen molar-refractivity contribution in [3.63, 3.8) is 0 Å². The second-order valence-corrected chi connectivity index (χ2v) is 4.47. The number of rotatable bonds is 2. The Labute approximate surface area is 102 Å². The van der Waals surface area contributed by atoms with Crippen molar-refractivity contribution in [3.8, 4) is 0 Å². The van der Waals surface area contributed by atoms with Gasteiger partial charge in [0, 0.05) is 18.7 Å². The lowest BCUT2D eigenvalue weighted by atomic mass is 10.0. The first-order valence-corrected chi connectivity index (χ1v) is 5.78. The molecular formula is C11H12BrN3O. The fourth-order valence-electron chi connectivity index (χ4n) is 1.35. The summed E-state index contributed by atoms with van der Waals surface area (Å²) in [7, 11) is 0. The molecule has 84 valence electrons. The molecule has 0 unspecified atom stereocenters. The van der Waals surface area contributed by atoms with E-state index in [1.807, 2.05) is 13.0 Å². The summed E-state index contributed by atoms with van der Waals surface area (Å²) in [6, 6.07) is 3.61. The van der Waals surface area contributed by atoms with E-state index < -0.39 is 0 Å². The van der Waals surface area contributed by atoms with Crippen molar-refractivity contribution < 1.29 is 4.79 Å². The third-order valence-electron chi connectivity index (χ3n) is 2.53. The third-order valence-corrected chi connectivity index (χ3v) is 3.00. The van der Waals surface area contributed by atoms with Gasteiger partial charge in [-0.15, -0.1) is 0 Å². The number of anilines is 1. The summed E-state index contributed by atoms with van der Waals surface area (Å²) in [4.78, 5) is 15.8. The summed E-state index contributed by atoms with van der Waals surface area (Å²) in [5.74, 6) is -0.0550. The Bertz CT molecular complexity index is 433. The van der Waals surface area contributed by atoms with Crippen LogP contribution in [0.4, 0.5) is 5.69 Å². The van der Waals surface area contributed by atoms with E-state index in [9.17, 15) is 4.79 Å². The maximum Gasteiger partial charge on any atom is 0.251 e. The summed E-state index contributed by atoms with van der Waals surface area (Å²) < 4.78 is 0.753. The van der Waals surface area contributed by atoms with Gasteiger partial charge in [-0.3, -0.25) is 4.79 Å². The summed E-state index contributed by atoms with van der Waals surface area (Å²) >= 11 is 3.24. The molecule has 0 atom stereocenters. The van der Waals surface area contributed by atoms with Crippen LogP contribution in [0.25, 0.3) is 0 Å². The van der Waals surface area contributed by atoms with Crippen LogP contribution in [0.5, 0.6) is 0 Å². The van der Waals surface area contributed by atoms with Crippen LogP contribution in [-0.2, 0) is 4.79 Å². The maximum absolute atomic E-state index is 11.8. The van der Waals surface area contributed by atoms with Gasteiger partial charge >= 0.3 is 0 Å². The molecule has 1 saturated heterocycles. The van der Waals surface area contributed by atoms with Gasteiger partial charge in [0.15, 0.2) is 0 Å². The van der Waals surface area contributed by atoms with Crippen molar-refractivity contribution in [2.45, 2.75) is 6.92 Å². The van der Waals surface area contributed by atoms with Crippen molar-refractivity contribution in [1.82, 2.24) is 10.3 Å². The first-order valence-electron chi connectivity index (χ1n) is 4.99. The van der Waals surface area contributed by atoms with E-state index >= 15 is 0 Å². The molecule has 0 bridgehead atoms. The number of amides is 1. The number of carbonyl (C=O) groups excluding carboxylic acids is 1. The normalized spacial score (nSPS) is 14.2. The highest BCUT2D eigenvalue weighted by Gasteiger charge is 2.15. The molecule has 0 saturated carbocycles. The SMILES string of the molecule is CC(C(=O)Nc1ccc(Br)nc1)=C1CNC1. The molecule has 0 aromatic carbocycles. The Morgan fingerprint density at radius 2 is 2.25 bits per heavy atom. The fourth-order valence-corrected chi connectivity index (χ4v) is 1.58. The van der Waals surface area contributed by atoms with Crippen molar-refractivity contribution in [1.29, 1.82) is 0 Å². The van der Waals surface area contributed by atoms with Crippen LogP contribution in [0, 0.1) is 0 Å². The summed E-state index contributed by atoms with van der Waals surface area (Å²) in [5.41, 5.74) is 2.67. The van der Waals surface area contributed by atoms with Gasteiger partial charge in [0.05, 0.1) is 11.9 Å². The molecule has 1 aliphatic heterocycles. The quantitative estimate of drug-likeness (QED) is 0.641. The largest absolute Gasteiger partial charge is 0.321 e. The zero-order valence-corrected chi connectivity index (χ0v) is 10.5. The second-order valence-electron chi connectivity index (χ2n) is 3.66. The molecule has 4 nitrogen and oxygen atoms in total. The molecule has 2 heterocycles. The molecule has 1 aromatic rings. The maximum atomic E-state index is 11.8. The minimum Gasteiger partial charge on any atom is -0.321 e. The van der Waals surface area contributed by atoms with Gasteiger partial charge in [-0.2, -0.15) is 0 Å². The monoisotopic (exact) mass is 281 g/mol. The van der Waals surface area contributed by atoms with Crippen LogP contribution in [-0.4, -0.2) is 24.0 Å². The number of carbonyl (C=O) groups is 1. The standard InChI is InChI=1S/C11H12BrN3O/c1-7(8-4-13-5-8)11(16)15-9-2-3-10(12)14-6-9/h2-3,6,13H,4-5H2,1H3,(H,15,16). The Balaban J connectivity index is 2.04. The van der Waals surface area contributed by atoms with Gasteiger partial charge in [0.2, 0.25) is 0 Å². The van der Waals surface area contributed by atoms with Crippen molar-refractivity contribution in [3.05, 3.63) is 34.1 Å². The van der Waals surface area contributed by atoms with Crippen LogP contribution in [0.15, 0.2) is 34.1 Å². The third kappa shape index (κ3) is 2.48. The van der Waals surface area contributed by atoms with Gasteiger partial charge in [0.1, 0.15) is 4.60 Å². The van der Waals surface area contributed by atoms with Crippen LogP contribution in [0.2, 0.25) is 0 Å². The summed E-state index contributed by atoms with van der Waals surface area (Å²) in [6.45, 7) is 3.48. The molecule has 1 fully saturated rings. The highest BCUT2D eigenvalue weighted by atomic mass is 79.9. The van der Waals surface area contributed by atoms with E-state index in [2.05, 4.69) is 31.5 Å². The average molecular weight is 282 g/mol. The summed E-state index contributed by atoms with van der Waals surface area (Å²) in [6.07, 6.45) is 1.62. The highest BCUT2D eigenvalue weighted by Crippen LogP contribution is 2.14. The van der Waals surface area contributed by atoms with Crippen molar-refractivity contribution in [2.24, 2.45) is 0 Å². The lowest BCUT2D eigenvalue weighted by molar-refractivity contribution is -0.112. The molecule has 0 radical (unpaired) electrons. The van der Waals surface area contributed by atoms with Gasteiger partial charge in [-0.1, -0.05) is 0 Å². The molecule has 5 heteroatoms. The Kier molecular flexibility index (Phi) is 3.36. The first kappa shape index (κ1) is 11.3. The molecule has 2 rings (SSSR count). The Morgan fingerprint density at radius 3 is 2.75 bits per heavy atom. The van der Waals surface area contributed by atoms with Crippen molar-refractivity contribution in [2.75, 3.05) is 18.4 Å². The second kappa shape index (κ2) is 4.76. The van der Waals surface area contributed by atoms with E-state index in [0.717, 1.165) is 23.3 Å². The van der Waals surface area contributed by atoms with E-state index in [-0.39, 0.29) is 5.91 Å². The zero-order chi connectivity index (χ0) is 11.5. The lowest BCUT2D eigenvalue weighted by Gasteiger charge is -2.21. The van der Waals surface area contributed by atoms with Crippen LogP contribution >= 0.6 is 15.9 Å². The van der Waals surface area contributed by atoms with Crippen LogP contribution in [0.3, 0.4) is 0 Å². The molecule has 0 spiro atoms. The van der Waals surface area contributed by atoms with E-state index in [1.165, 1.54) is 5.57 Å². The number of hydrogen-bond acceptors (Lipinski definition) is 3. The predicted octanol–water partition coefficient (Wildman–Crippen LogP) is 1.70. The van der Waals surface area contributed by atoms with E-state index in [1.54, 1.807) is 12.3 Å². The first-order chi connectivity index (χ1) is 7.66. The molecular weight excluding hydrogens is 270 g/mol. The highest BCUT2D eigenvalue weighted by molar-refractivity contribution is 9.10. The number of hydrogen-bond donors (Lipinski definition) is 2. The number of halogens is 1. The molecule has 1 aliphatic rings. The van der Waals surface area contributed by atoms with Gasteiger partial charge in [-0.25, -0.2) is 4.98 Å². The van der Waals surface area contributed by atoms with Crippen LogP contribution < -0.4 is 10.6 Å². The number of pyridine rings is 1. The zero-order valence-electron chi connectivity index (χ0n) is 8.88. The van der Waals surface area contributed by atoms with Gasteiger partial charge in [-0.05, 0) is 40.6 Å². The molecule has 1 amide bonds. The van der Waals surface area contributed by atoms with Crippen LogP contribution in [0.1, 0.15) is 6.92 Å². The molecule has 0 aliphatic carbocycles. The van der Waals surface area contributed by atoms with E-state index in [4.69, 9.17) is 0 Å². The lowest BCUT2D eigenvalue weighted by Crippen LogP contribution is -2.36. The van der Waals surface area contributed by atoms with Gasteiger partial charge in [0.25, 0.3) is 5.91 Å². The topological polar surface area (TPSA) is 54.0 Å². The Hall–Kier alpha value is -1.20. The number of aromatic nitrogens is 1. The predicted molar refractivity (Wildman–Crippen MR) is 66.1 cm³/mol. The van der Waals surface area contributed by atoms with Gasteiger partial charge < -0.3 is 10.6 Å². The average Bonchev–Trinajstić information content (AvgIpc) is 2.19. The molecule has 2 N–H and O–H groups in total. The van der Waals surface area contributed by atoms with E-state index in [0.29, 0.717) is 5.69 Å². The smallest absolute Gasteiger partial charge is 0.251 e. The number of nitrogens with one attached hydrogen (secondary N) is 2. The minimum absolute atomic E-state index is 0.0550. The minimum atomic E-state index is -0.0550. The van der Waals surface area contributed by atoms with Crippen molar-refractivity contribution >= 4 is 27.5 Å². The number of nitrogens with zero attached hydrogens (tertiary/aromatic N) is 1. The molecule has 16 heavy (non-hydrogen) atoms. The Morgan fingerprint density at radius 1 is 1.50 bits per heavy atom. The summed E-state index contributed by atoms with van der Waals surface area (Å²) in [5, 5.41) is 5.92. The molecule has 1 aromatic heterocycles.